The molecule has 6 heteroatoms. The summed E-state index contributed by atoms with van der Waals surface area (Å²) < 4.78 is 10.1. The first-order valence-electron chi connectivity index (χ1n) is 5.24. The standard InChI is InChI=1S/C12H9BrO5/c1-3-17-12(16)10-5(2)8-9(15)6(13)4-7(14)11(8)18-10/h4H,3H2,1-2H3. The van der Waals surface area contributed by atoms with Crippen LogP contribution in [0.4, 0.5) is 0 Å². The van der Waals surface area contributed by atoms with Crippen LogP contribution >= 0.6 is 15.9 Å². The van der Waals surface area contributed by atoms with Crippen molar-refractivity contribution in [1.29, 1.82) is 0 Å². The average Bonchev–Trinajstić information content (AvgIpc) is 2.65. The van der Waals surface area contributed by atoms with E-state index < -0.39 is 11.8 Å². The van der Waals surface area contributed by atoms with E-state index in [1.807, 2.05) is 0 Å². The van der Waals surface area contributed by atoms with Crippen molar-refractivity contribution < 1.29 is 23.5 Å². The molecule has 0 N–H and O–H groups in total. The molecule has 0 amide bonds. The maximum Gasteiger partial charge on any atom is 0.374 e. The van der Waals surface area contributed by atoms with E-state index in [4.69, 9.17) is 9.15 Å². The predicted molar refractivity (Wildman–Crippen MR) is 65.1 cm³/mol. The third-order valence-electron chi connectivity index (χ3n) is 2.53. The van der Waals surface area contributed by atoms with Crippen molar-refractivity contribution in [3.05, 3.63) is 33.2 Å². The van der Waals surface area contributed by atoms with Crippen LogP contribution in [0.15, 0.2) is 15.0 Å². The maximum atomic E-state index is 11.9. The number of hydrogen-bond acceptors (Lipinski definition) is 5. The van der Waals surface area contributed by atoms with Gasteiger partial charge in [0.15, 0.2) is 5.76 Å². The molecule has 0 aliphatic heterocycles. The number of fused-ring (bicyclic) bond motifs is 1. The second kappa shape index (κ2) is 4.53. The molecule has 2 rings (SSSR count). The molecule has 0 radical (unpaired) electrons. The lowest BCUT2D eigenvalue weighted by atomic mass is 9.98. The minimum Gasteiger partial charge on any atom is -0.460 e. The third-order valence-corrected chi connectivity index (χ3v) is 3.12. The topological polar surface area (TPSA) is 73.6 Å². The van der Waals surface area contributed by atoms with Crippen LogP contribution in [0.5, 0.6) is 0 Å². The Morgan fingerprint density at radius 2 is 2.11 bits per heavy atom. The summed E-state index contributed by atoms with van der Waals surface area (Å²) in [7, 11) is 0. The molecule has 1 aliphatic carbocycles. The lowest BCUT2D eigenvalue weighted by molar-refractivity contribution is 0.0487. The molecule has 0 saturated carbocycles. The molecule has 0 unspecified atom stereocenters. The van der Waals surface area contributed by atoms with E-state index in [1.54, 1.807) is 13.8 Å². The van der Waals surface area contributed by atoms with Gasteiger partial charge in [0.05, 0.1) is 16.7 Å². The number of allylic oxidation sites excluding steroid dienone is 2. The van der Waals surface area contributed by atoms with Crippen LogP contribution in [0.1, 0.15) is 44.0 Å². The van der Waals surface area contributed by atoms with Crippen LogP contribution in [0.2, 0.25) is 0 Å². The Hall–Kier alpha value is -1.69. The number of ether oxygens (including phenoxy) is 1. The van der Waals surface area contributed by atoms with E-state index in [-0.39, 0.29) is 34.0 Å². The van der Waals surface area contributed by atoms with Gasteiger partial charge in [-0.2, -0.15) is 0 Å². The normalized spacial score (nSPS) is 14.3. The molecule has 0 spiro atoms. The molecule has 1 aromatic heterocycles. The minimum absolute atomic E-state index is 0.0980. The molecule has 1 aromatic rings. The van der Waals surface area contributed by atoms with Crippen molar-refractivity contribution >= 4 is 33.5 Å². The van der Waals surface area contributed by atoms with Gasteiger partial charge in [-0.1, -0.05) is 0 Å². The molecule has 1 heterocycles. The number of carbonyl (C=O) groups is 3. The summed E-state index contributed by atoms with van der Waals surface area (Å²) in [5, 5.41) is 0. The summed E-state index contributed by atoms with van der Waals surface area (Å²) >= 11 is 3.01. The lowest BCUT2D eigenvalue weighted by Gasteiger charge is -2.05. The van der Waals surface area contributed by atoms with Crippen LogP contribution in [0.25, 0.3) is 0 Å². The van der Waals surface area contributed by atoms with E-state index >= 15 is 0 Å². The second-order valence-electron chi connectivity index (χ2n) is 3.67. The Morgan fingerprint density at radius 3 is 2.72 bits per heavy atom. The number of ketones is 2. The summed E-state index contributed by atoms with van der Waals surface area (Å²) in [6.45, 7) is 3.39. The van der Waals surface area contributed by atoms with Gasteiger partial charge in [0.25, 0.3) is 0 Å². The monoisotopic (exact) mass is 312 g/mol. The fourth-order valence-corrected chi connectivity index (χ4v) is 2.12. The van der Waals surface area contributed by atoms with Gasteiger partial charge in [0, 0.05) is 11.6 Å². The first kappa shape index (κ1) is 12.8. The van der Waals surface area contributed by atoms with Crippen LogP contribution in [0.3, 0.4) is 0 Å². The highest BCUT2D eigenvalue weighted by Crippen LogP contribution is 2.31. The Bertz CT molecular complexity index is 594. The van der Waals surface area contributed by atoms with Crippen molar-refractivity contribution in [3.8, 4) is 0 Å². The van der Waals surface area contributed by atoms with Crippen molar-refractivity contribution in [2.45, 2.75) is 13.8 Å². The SMILES string of the molecule is CCOC(=O)c1oc2c(c1C)C(=O)C(Br)=CC2=O. The van der Waals surface area contributed by atoms with Crippen molar-refractivity contribution in [3.63, 3.8) is 0 Å². The Balaban J connectivity index is 2.57. The first-order chi connectivity index (χ1) is 8.47. The number of rotatable bonds is 2. The first-order valence-corrected chi connectivity index (χ1v) is 6.03. The summed E-state index contributed by atoms with van der Waals surface area (Å²) in [6.07, 6.45) is 1.13. The van der Waals surface area contributed by atoms with Gasteiger partial charge < -0.3 is 9.15 Å². The highest BCUT2D eigenvalue weighted by molar-refractivity contribution is 9.12. The number of furan rings is 1. The van der Waals surface area contributed by atoms with Crippen molar-refractivity contribution in [1.82, 2.24) is 0 Å². The molecule has 0 bridgehead atoms. The van der Waals surface area contributed by atoms with E-state index in [9.17, 15) is 14.4 Å². The molecule has 0 atom stereocenters. The zero-order chi connectivity index (χ0) is 13.4. The number of Topliss-reactive ketones (excluding diaryl/α,β-unsaturated/α-hetero) is 1. The molecule has 94 valence electrons. The van der Waals surface area contributed by atoms with Gasteiger partial charge in [-0.05, 0) is 29.8 Å². The Morgan fingerprint density at radius 1 is 1.44 bits per heavy atom. The largest absolute Gasteiger partial charge is 0.460 e. The predicted octanol–water partition coefficient (Wildman–Crippen LogP) is 2.42. The van der Waals surface area contributed by atoms with Crippen LogP contribution in [-0.4, -0.2) is 24.1 Å². The van der Waals surface area contributed by atoms with E-state index in [0.29, 0.717) is 5.56 Å². The second-order valence-corrected chi connectivity index (χ2v) is 4.52. The number of hydrogen-bond donors (Lipinski definition) is 0. The molecule has 0 fully saturated rings. The van der Waals surface area contributed by atoms with E-state index in [2.05, 4.69) is 15.9 Å². The summed E-state index contributed by atoms with van der Waals surface area (Å²) in [5.41, 5.74) is 0.448. The van der Waals surface area contributed by atoms with Gasteiger partial charge >= 0.3 is 5.97 Å². The van der Waals surface area contributed by atoms with Crippen molar-refractivity contribution in [2.24, 2.45) is 0 Å². The highest BCUT2D eigenvalue weighted by atomic mass is 79.9. The summed E-state index contributed by atoms with van der Waals surface area (Å²) in [5.74, 6) is -1.71. The van der Waals surface area contributed by atoms with Gasteiger partial charge in [-0.3, -0.25) is 9.59 Å². The smallest absolute Gasteiger partial charge is 0.374 e. The molecule has 1 aliphatic rings. The highest BCUT2D eigenvalue weighted by Gasteiger charge is 2.34. The van der Waals surface area contributed by atoms with E-state index in [0.717, 1.165) is 6.08 Å². The zero-order valence-electron chi connectivity index (χ0n) is 9.70. The Kier molecular flexibility index (Phi) is 3.21. The fraction of sp³-hybridized carbons (Fsp3) is 0.250. The lowest BCUT2D eigenvalue weighted by Crippen LogP contribution is -2.13. The number of esters is 1. The third kappa shape index (κ3) is 1.82. The van der Waals surface area contributed by atoms with Crippen molar-refractivity contribution in [2.75, 3.05) is 6.61 Å². The number of carbonyl (C=O) groups excluding carboxylic acids is 3. The molecule has 0 aromatic carbocycles. The molecule has 5 nitrogen and oxygen atoms in total. The van der Waals surface area contributed by atoms with Gasteiger partial charge in [-0.25, -0.2) is 4.79 Å². The molecule has 18 heavy (non-hydrogen) atoms. The summed E-state index contributed by atoms with van der Waals surface area (Å²) in [6, 6.07) is 0. The minimum atomic E-state index is -0.680. The average molecular weight is 313 g/mol. The maximum absolute atomic E-state index is 11.9. The molecule has 0 saturated heterocycles. The summed E-state index contributed by atoms with van der Waals surface area (Å²) in [4.78, 5) is 35.2. The fourth-order valence-electron chi connectivity index (χ4n) is 1.72. The van der Waals surface area contributed by atoms with E-state index in [1.165, 1.54) is 0 Å². The zero-order valence-corrected chi connectivity index (χ0v) is 11.3. The molecular formula is C12H9BrO5. The van der Waals surface area contributed by atoms with Crippen LogP contribution < -0.4 is 0 Å². The van der Waals surface area contributed by atoms with Gasteiger partial charge in [0.2, 0.25) is 17.3 Å². The molecular weight excluding hydrogens is 304 g/mol. The van der Waals surface area contributed by atoms with Crippen LogP contribution in [-0.2, 0) is 4.74 Å². The number of halogens is 1. The quantitative estimate of drug-likeness (QED) is 0.784. The van der Waals surface area contributed by atoms with Crippen LogP contribution in [0, 0.1) is 6.92 Å². The van der Waals surface area contributed by atoms with Gasteiger partial charge in [-0.15, -0.1) is 0 Å². The van der Waals surface area contributed by atoms with Gasteiger partial charge in [0.1, 0.15) is 0 Å². The Labute approximate surface area is 111 Å².